The number of para-hydroxylation sites is 2. The molecule has 0 aliphatic heterocycles. The molecule has 2 aromatic carbocycles. The molecule has 0 saturated carbocycles. The van der Waals surface area contributed by atoms with Crippen LogP contribution >= 0.6 is 0 Å². The number of carbonyl (C=O) groups is 1. The van der Waals surface area contributed by atoms with Gasteiger partial charge < -0.3 is 9.64 Å². The van der Waals surface area contributed by atoms with E-state index in [1.807, 2.05) is 13.2 Å². The van der Waals surface area contributed by atoms with Crippen LogP contribution in [0.2, 0.25) is 0 Å². The number of aromatic nitrogens is 2. The molecule has 0 unspecified atom stereocenters. The molecule has 1 heterocycles. The van der Waals surface area contributed by atoms with E-state index in [-0.39, 0.29) is 5.91 Å². The Hall–Kier alpha value is -3.59. The topological polar surface area (TPSA) is 71.2 Å². The third-order valence-electron chi connectivity index (χ3n) is 3.87. The van der Waals surface area contributed by atoms with Crippen LogP contribution in [0.3, 0.4) is 0 Å². The van der Waals surface area contributed by atoms with Crippen LogP contribution in [-0.2, 0) is 13.6 Å². The highest BCUT2D eigenvalue weighted by molar-refractivity contribution is 5.96. The van der Waals surface area contributed by atoms with Gasteiger partial charge in [-0.25, -0.2) is 0 Å². The Bertz CT molecular complexity index is 972. The minimum absolute atomic E-state index is 0.168. The molecular weight excluding hydrogens is 328 g/mol. The summed E-state index contributed by atoms with van der Waals surface area (Å²) in [5.41, 5.74) is 1.79. The second-order valence-corrected chi connectivity index (χ2v) is 5.89. The highest BCUT2D eigenvalue weighted by atomic mass is 16.5. The Kier molecular flexibility index (Phi) is 4.99. The van der Waals surface area contributed by atoms with Crippen LogP contribution in [0.5, 0.6) is 11.5 Å². The normalized spacial score (nSPS) is 10.2. The molecule has 0 saturated heterocycles. The van der Waals surface area contributed by atoms with Crippen molar-refractivity contribution in [1.82, 2.24) is 14.7 Å². The van der Waals surface area contributed by atoms with Gasteiger partial charge in [0.2, 0.25) is 0 Å². The molecule has 130 valence electrons. The molecule has 1 amide bonds. The van der Waals surface area contributed by atoms with Crippen molar-refractivity contribution in [1.29, 1.82) is 5.26 Å². The quantitative estimate of drug-likeness (QED) is 0.710. The summed E-state index contributed by atoms with van der Waals surface area (Å²) in [5.74, 6) is 0.669. The smallest absolute Gasteiger partial charge is 0.257 e. The third kappa shape index (κ3) is 3.73. The molecular formula is C20H18N4O2. The highest BCUT2D eigenvalue weighted by Crippen LogP contribution is 2.28. The largest absolute Gasteiger partial charge is 0.455 e. The van der Waals surface area contributed by atoms with Crippen molar-refractivity contribution in [2.45, 2.75) is 6.54 Å². The van der Waals surface area contributed by atoms with Gasteiger partial charge in [0.25, 0.3) is 5.91 Å². The molecule has 26 heavy (non-hydrogen) atoms. The van der Waals surface area contributed by atoms with Crippen molar-refractivity contribution < 1.29 is 9.53 Å². The maximum atomic E-state index is 12.9. The molecule has 1 aromatic heterocycles. The summed E-state index contributed by atoms with van der Waals surface area (Å²) in [6, 6.07) is 16.0. The Labute approximate surface area is 151 Å². The zero-order chi connectivity index (χ0) is 18.5. The number of benzene rings is 2. The van der Waals surface area contributed by atoms with Gasteiger partial charge in [-0.05, 0) is 24.3 Å². The van der Waals surface area contributed by atoms with Gasteiger partial charge in [-0.1, -0.05) is 24.3 Å². The van der Waals surface area contributed by atoms with Gasteiger partial charge in [0.05, 0.1) is 17.3 Å². The number of hydrogen-bond acceptors (Lipinski definition) is 4. The van der Waals surface area contributed by atoms with E-state index in [4.69, 9.17) is 4.74 Å². The molecule has 0 spiro atoms. The number of rotatable bonds is 5. The van der Waals surface area contributed by atoms with E-state index in [0.29, 0.717) is 29.2 Å². The average molecular weight is 346 g/mol. The monoisotopic (exact) mass is 346 g/mol. The summed E-state index contributed by atoms with van der Waals surface area (Å²) in [4.78, 5) is 14.5. The second-order valence-electron chi connectivity index (χ2n) is 5.89. The Morgan fingerprint density at radius 3 is 2.58 bits per heavy atom. The lowest BCUT2D eigenvalue weighted by molar-refractivity contribution is 0.0782. The van der Waals surface area contributed by atoms with Crippen LogP contribution in [0.1, 0.15) is 21.5 Å². The van der Waals surface area contributed by atoms with Crippen LogP contribution in [0.25, 0.3) is 0 Å². The van der Waals surface area contributed by atoms with Gasteiger partial charge in [0, 0.05) is 32.4 Å². The Morgan fingerprint density at radius 2 is 1.88 bits per heavy atom. The molecule has 6 heteroatoms. The van der Waals surface area contributed by atoms with Crippen LogP contribution in [0.15, 0.2) is 60.9 Å². The summed E-state index contributed by atoms with van der Waals surface area (Å²) < 4.78 is 7.57. The van der Waals surface area contributed by atoms with Crippen LogP contribution in [0, 0.1) is 11.3 Å². The first-order valence-corrected chi connectivity index (χ1v) is 8.07. The summed E-state index contributed by atoms with van der Waals surface area (Å²) in [6.07, 6.45) is 3.60. The van der Waals surface area contributed by atoms with E-state index in [0.717, 1.165) is 5.56 Å². The van der Waals surface area contributed by atoms with Crippen molar-refractivity contribution in [3.8, 4) is 17.6 Å². The standard InChI is InChI=1S/C20H18N4O2/c1-23(13-15-12-22-24(2)14-15)20(25)17-8-4-6-10-19(17)26-18-9-5-3-7-16(18)11-21/h3-10,12,14H,13H2,1-2H3. The SMILES string of the molecule is CN(Cc1cnn(C)c1)C(=O)c1ccccc1Oc1ccccc1C#N. The fraction of sp³-hybridized carbons (Fsp3) is 0.150. The van der Waals surface area contributed by atoms with Gasteiger partial charge in [-0.15, -0.1) is 0 Å². The van der Waals surface area contributed by atoms with E-state index in [1.165, 1.54) is 0 Å². The number of aryl methyl sites for hydroxylation is 1. The molecule has 0 N–H and O–H groups in total. The predicted octanol–water partition coefficient (Wildman–Crippen LogP) is 3.36. The predicted molar refractivity (Wildman–Crippen MR) is 96.7 cm³/mol. The lowest BCUT2D eigenvalue weighted by Crippen LogP contribution is -2.26. The third-order valence-corrected chi connectivity index (χ3v) is 3.87. The number of carbonyl (C=O) groups excluding carboxylic acids is 1. The molecule has 0 bridgehead atoms. The highest BCUT2D eigenvalue weighted by Gasteiger charge is 2.18. The number of nitriles is 1. The summed E-state index contributed by atoms with van der Waals surface area (Å²) in [7, 11) is 3.57. The van der Waals surface area contributed by atoms with E-state index >= 15 is 0 Å². The molecule has 0 radical (unpaired) electrons. The van der Waals surface area contributed by atoms with Gasteiger partial charge in [0.15, 0.2) is 0 Å². The lowest BCUT2D eigenvalue weighted by Gasteiger charge is -2.18. The average Bonchev–Trinajstić information content (AvgIpc) is 3.06. The van der Waals surface area contributed by atoms with Crippen LogP contribution in [0.4, 0.5) is 0 Å². The molecule has 0 aliphatic carbocycles. The summed E-state index contributed by atoms with van der Waals surface area (Å²) in [6.45, 7) is 0.440. The van der Waals surface area contributed by atoms with Gasteiger partial charge in [0.1, 0.15) is 17.6 Å². The van der Waals surface area contributed by atoms with Gasteiger partial charge in [-0.3, -0.25) is 9.48 Å². The zero-order valence-corrected chi connectivity index (χ0v) is 14.6. The van der Waals surface area contributed by atoms with E-state index in [1.54, 1.807) is 71.4 Å². The first kappa shape index (κ1) is 17.2. The van der Waals surface area contributed by atoms with E-state index in [9.17, 15) is 10.1 Å². The summed E-state index contributed by atoms with van der Waals surface area (Å²) >= 11 is 0. The molecule has 3 rings (SSSR count). The fourth-order valence-electron chi connectivity index (χ4n) is 2.60. The minimum atomic E-state index is -0.168. The number of nitrogens with zero attached hydrogens (tertiary/aromatic N) is 4. The fourth-order valence-corrected chi connectivity index (χ4v) is 2.60. The van der Waals surface area contributed by atoms with Crippen molar-refractivity contribution in [3.05, 3.63) is 77.6 Å². The number of amides is 1. The Balaban J connectivity index is 1.84. The van der Waals surface area contributed by atoms with Gasteiger partial charge in [-0.2, -0.15) is 10.4 Å². The van der Waals surface area contributed by atoms with Crippen LogP contribution in [-0.4, -0.2) is 27.6 Å². The van der Waals surface area contributed by atoms with Crippen molar-refractivity contribution in [2.75, 3.05) is 7.05 Å². The maximum absolute atomic E-state index is 12.9. The van der Waals surface area contributed by atoms with Gasteiger partial charge >= 0.3 is 0 Å². The minimum Gasteiger partial charge on any atom is -0.455 e. The number of hydrogen-bond donors (Lipinski definition) is 0. The Morgan fingerprint density at radius 1 is 1.19 bits per heavy atom. The zero-order valence-electron chi connectivity index (χ0n) is 14.6. The molecule has 6 nitrogen and oxygen atoms in total. The number of ether oxygens (including phenoxy) is 1. The summed E-state index contributed by atoms with van der Waals surface area (Å²) in [5, 5.41) is 13.3. The van der Waals surface area contributed by atoms with E-state index in [2.05, 4.69) is 11.2 Å². The lowest BCUT2D eigenvalue weighted by atomic mass is 10.1. The van der Waals surface area contributed by atoms with E-state index < -0.39 is 0 Å². The molecule has 3 aromatic rings. The molecule has 0 fully saturated rings. The van der Waals surface area contributed by atoms with Crippen molar-refractivity contribution >= 4 is 5.91 Å². The maximum Gasteiger partial charge on any atom is 0.257 e. The first-order chi connectivity index (χ1) is 12.6. The molecule has 0 atom stereocenters. The van der Waals surface area contributed by atoms with Crippen molar-refractivity contribution in [3.63, 3.8) is 0 Å². The van der Waals surface area contributed by atoms with Crippen LogP contribution < -0.4 is 4.74 Å². The first-order valence-electron chi connectivity index (χ1n) is 8.07. The second kappa shape index (κ2) is 7.53. The van der Waals surface area contributed by atoms with Crippen molar-refractivity contribution in [2.24, 2.45) is 7.05 Å². The molecule has 0 aliphatic rings.